The lowest BCUT2D eigenvalue weighted by Crippen LogP contribution is -2.35. The van der Waals surface area contributed by atoms with Crippen LogP contribution in [0.2, 0.25) is 5.02 Å². The maximum Gasteiger partial charge on any atom is 0.211 e. The quantitative estimate of drug-likeness (QED) is 0.677. The molecule has 0 radical (unpaired) electrons. The van der Waals surface area contributed by atoms with E-state index >= 15 is 0 Å². The van der Waals surface area contributed by atoms with E-state index in [1.165, 1.54) is 5.56 Å². The van der Waals surface area contributed by atoms with Crippen LogP contribution in [-0.2, 0) is 17.2 Å². The van der Waals surface area contributed by atoms with Crippen LogP contribution in [0.1, 0.15) is 30.0 Å². The molecule has 134 valence electrons. The van der Waals surface area contributed by atoms with Gasteiger partial charge in [0.15, 0.2) is 5.65 Å². The molecule has 2 aliphatic heterocycles. The smallest absolute Gasteiger partial charge is 0.211 e. The molecule has 1 fully saturated rings. The summed E-state index contributed by atoms with van der Waals surface area (Å²) >= 11 is 6.01. The standard InChI is InChI=1S/C19H19ClN4OS/c20-15-3-1-13(2-4-15)14-5-9-23(10-6-14)19-22-16-7-12-26(25)17(16)18-21-8-11-24(18)19/h1-4,8,11,14H,5-7,9-10,12H2. The molecule has 5 rings (SSSR count). The van der Waals surface area contributed by atoms with E-state index in [0.717, 1.165) is 59.6 Å². The van der Waals surface area contributed by atoms with Gasteiger partial charge in [0.05, 0.1) is 16.5 Å². The van der Waals surface area contributed by atoms with Crippen LogP contribution in [0.25, 0.3) is 5.65 Å². The summed E-state index contributed by atoms with van der Waals surface area (Å²) < 4.78 is 14.3. The number of rotatable bonds is 2. The highest BCUT2D eigenvalue weighted by atomic mass is 35.5. The number of aryl methyl sites for hydroxylation is 1. The number of hydrogen-bond donors (Lipinski definition) is 0. The second kappa shape index (κ2) is 6.35. The Morgan fingerprint density at radius 3 is 2.69 bits per heavy atom. The molecule has 7 heteroatoms. The molecule has 0 spiro atoms. The average molecular weight is 387 g/mol. The van der Waals surface area contributed by atoms with Crippen molar-refractivity contribution >= 4 is 34.0 Å². The second-order valence-corrected chi connectivity index (χ2v) is 8.86. The molecular weight excluding hydrogens is 368 g/mol. The minimum absolute atomic E-state index is 0.559. The predicted molar refractivity (Wildman–Crippen MR) is 104 cm³/mol. The van der Waals surface area contributed by atoms with E-state index in [2.05, 4.69) is 22.0 Å². The lowest BCUT2D eigenvalue weighted by molar-refractivity contribution is 0.497. The zero-order valence-corrected chi connectivity index (χ0v) is 15.8. The molecule has 2 aromatic heterocycles. The van der Waals surface area contributed by atoms with Crippen LogP contribution >= 0.6 is 11.6 Å². The molecule has 2 aliphatic rings. The van der Waals surface area contributed by atoms with Crippen LogP contribution in [0.15, 0.2) is 41.6 Å². The monoisotopic (exact) mass is 386 g/mol. The minimum Gasteiger partial charge on any atom is -0.342 e. The number of hydrogen-bond acceptors (Lipinski definition) is 4. The van der Waals surface area contributed by atoms with Crippen molar-refractivity contribution in [3.05, 3.63) is 52.9 Å². The third kappa shape index (κ3) is 2.63. The average Bonchev–Trinajstić information content (AvgIpc) is 3.28. The van der Waals surface area contributed by atoms with E-state index in [0.29, 0.717) is 11.7 Å². The van der Waals surface area contributed by atoms with E-state index in [1.54, 1.807) is 6.20 Å². The summed E-state index contributed by atoms with van der Waals surface area (Å²) in [7, 11) is -0.972. The summed E-state index contributed by atoms with van der Waals surface area (Å²) in [5, 5.41) is 0.786. The first-order chi connectivity index (χ1) is 12.7. The Morgan fingerprint density at radius 1 is 1.15 bits per heavy atom. The summed E-state index contributed by atoms with van der Waals surface area (Å²) in [4.78, 5) is 12.5. The summed E-state index contributed by atoms with van der Waals surface area (Å²) in [5.74, 6) is 2.15. The van der Waals surface area contributed by atoms with Gasteiger partial charge in [-0.05, 0) is 36.5 Å². The topological polar surface area (TPSA) is 50.5 Å². The fraction of sp³-hybridized carbons (Fsp3) is 0.368. The van der Waals surface area contributed by atoms with Crippen molar-refractivity contribution in [2.45, 2.75) is 30.1 Å². The van der Waals surface area contributed by atoms with E-state index < -0.39 is 10.8 Å². The van der Waals surface area contributed by atoms with Crippen LogP contribution in [0, 0.1) is 0 Å². The Kier molecular flexibility index (Phi) is 3.98. The maximum atomic E-state index is 12.3. The van der Waals surface area contributed by atoms with Gasteiger partial charge in [-0.3, -0.25) is 8.61 Å². The molecular formula is C19H19ClN4OS. The SMILES string of the molecule is O=S1CCc2nc(N3CCC(c4ccc(Cl)cc4)CC3)n3ccnc3c21. The number of halogens is 1. The summed E-state index contributed by atoms with van der Waals surface area (Å²) in [5.41, 5.74) is 3.12. The molecule has 4 heterocycles. The number of nitrogens with zero attached hydrogens (tertiary/aromatic N) is 4. The van der Waals surface area contributed by atoms with Crippen LogP contribution in [0.3, 0.4) is 0 Å². The molecule has 1 unspecified atom stereocenters. The van der Waals surface area contributed by atoms with Crippen LogP contribution in [0.5, 0.6) is 0 Å². The summed E-state index contributed by atoms with van der Waals surface area (Å²) in [6.07, 6.45) is 6.65. The minimum atomic E-state index is -0.972. The number of benzene rings is 1. The van der Waals surface area contributed by atoms with Gasteiger partial charge in [0.1, 0.15) is 4.90 Å². The Bertz CT molecular complexity index is 993. The molecule has 0 N–H and O–H groups in total. The number of imidazole rings is 1. The molecule has 3 aromatic rings. The number of anilines is 1. The fourth-order valence-electron chi connectivity index (χ4n) is 4.05. The van der Waals surface area contributed by atoms with Crippen molar-refractivity contribution in [2.24, 2.45) is 0 Å². The molecule has 1 atom stereocenters. The van der Waals surface area contributed by atoms with E-state index in [9.17, 15) is 4.21 Å². The predicted octanol–water partition coefficient (Wildman–Crippen LogP) is 3.43. The highest BCUT2D eigenvalue weighted by Gasteiger charge is 2.29. The number of fused-ring (bicyclic) bond motifs is 3. The van der Waals surface area contributed by atoms with Gasteiger partial charge in [-0.2, -0.15) is 0 Å². The van der Waals surface area contributed by atoms with Crippen molar-refractivity contribution in [3.8, 4) is 0 Å². The van der Waals surface area contributed by atoms with Crippen molar-refractivity contribution in [2.75, 3.05) is 23.7 Å². The third-order valence-electron chi connectivity index (χ3n) is 5.43. The van der Waals surface area contributed by atoms with Gasteiger partial charge in [0, 0.05) is 42.7 Å². The van der Waals surface area contributed by atoms with Crippen molar-refractivity contribution in [1.82, 2.24) is 14.4 Å². The molecule has 0 bridgehead atoms. The molecule has 5 nitrogen and oxygen atoms in total. The largest absolute Gasteiger partial charge is 0.342 e. The van der Waals surface area contributed by atoms with Gasteiger partial charge in [0.2, 0.25) is 5.95 Å². The zero-order valence-electron chi connectivity index (χ0n) is 14.3. The molecule has 0 amide bonds. The van der Waals surface area contributed by atoms with Gasteiger partial charge < -0.3 is 4.90 Å². The van der Waals surface area contributed by atoms with Gasteiger partial charge >= 0.3 is 0 Å². The van der Waals surface area contributed by atoms with E-state index in [1.807, 2.05) is 22.7 Å². The highest BCUT2D eigenvalue weighted by molar-refractivity contribution is 7.85. The van der Waals surface area contributed by atoms with Gasteiger partial charge in [-0.15, -0.1) is 0 Å². The Morgan fingerprint density at radius 2 is 1.92 bits per heavy atom. The molecule has 0 saturated carbocycles. The fourth-order valence-corrected chi connectivity index (χ4v) is 5.53. The van der Waals surface area contributed by atoms with Crippen LogP contribution in [0.4, 0.5) is 5.95 Å². The summed E-state index contributed by atoms with van der Waals surface area (Å²) in [6.45, 7) is 1.91. The lowest BCUT2D eigenvalue weighted by Gasteiger charge is -2.33. The Hall–Kier alpha value is -1.92. The first kappa shape index (κ1) is 16.3. The third-order valence-corrected chi connectivity index (χ3v) is 7.13. The maximum absolute atomic E-state index is 12.3. The molecule has 1 saturated heterocycles. The highest BCUT2D eigenvalue weighted by Crippen LogP contribution is 2.33. The van der Waals surface area contributed by atoms with E-state index in [4.69, 9.17) is 16.6 Å². The van der Waals surface area contributed by atoms with Crippen LogP contribution < -0.4 is 4.90 Å². The van der Waals surface area contributed by atoms with Gasteiger partial charge in [-0.25, -0.2) is 9.97 Å². The van der Waals surface area contributed by atoms with E-state index in [-0.39, 0.29) is 0 Å². The zero-order chi connectivity index (χ0) is 17.7. The first-order valence-electron chi connectivity index (χ1n) is 8.95. The van der Waals surface area contributed by atoms with Gasteiger partial charge in [-0.1, -0.05) is 23.7 Å². The Labute approximate surface area is 159 Å². The first-order valence-corrected chi connectivity index (χ1v) is 10.6. The van der Waals surface area contributed by atoms with Gasteiger partial charge in [0.25, 0.3) is 0 Å². The second-order valence-electron chi connectivity index (χ2n) is 6.92. The van der Waals surface area contributed by atoms with Crippen LogP contribution in [-0.4, -0.2) is 37.4 Å². The van der Waals surface area contributed by atoms with Crippen molar-refractivity contribution in [1.29, 1.82) is 0 Å². The number of aromatic nitrogens is 3. The Balaban J connectivity index is 1.43. The normalized spacial score (nSPS) is 20.7. The lowest BCUT2D eigenvalue weighted by atomic mass is 9.89. The van der Waals surface area contributed by atoms with Crippen molar-refractivity contribution in [3.63, 3.8) is 0 Å². The van der Waals surface area contributed by atoms with Crippen molar-refractivity contribution < 1.29 is 4.21 Å². The number of piperidine rings is 1. The molecule has 26 heavy (non-hydrogen) atoms. The molecule has 1 aromatic carbocycles. The summed E-state index contributed by atoms with van der Waals surface area (Å²) in [6, 6.07) is 8.22. The molecule has 0 aliphatic carbocycles.